The molecule has 0 heterocycles. The number of rotatable bonds is 2. The van der Waals surface area contributed by atoms with E-state index in [0.29, 0.717) is 0 Å². The van der Waals surface area contributed by atoms with Crippen molar-refractivity contribution in [1.29, 1.82) is 0 Å². The Morgan fingerprint density at radius 1 is 1.20 bits per heavy atom. The molecule has 0 unspecified atom stereocenters. The molecule has 0 amide bonds. The molecule has 0 radical (unpaired) electrons. The standard InChI is InChI=1S/C9H4Cl2F4/c10-6-1-4(2-7(11)8(6)13)5(3-12)9(14)15/h1-3,9H. The van der Waals surface area contributed by atoms with Crippen LogP contribution in [-0.4, -0.2) is 6.43 Å². The summed E-state index contributed by atoms with van der Waals surface area (Å²) in [4.78, 5) is 0. The summed E-state index contributed by atoms with van der Waals surface area (Å²) in [6, 6.07) is 1.78. The summed E-state index contributed by atoms with van der Waals surface area (Å²) in [5.41, 5.74) is -1.14. The van der Waals surface area contributed by atoms with E-state index in [1.807, 2.05) is 0 Å². The maximum absolute atomic E-state index is 12.9. The van der Waals surface area contributed by atoms with E-state index in [1.54, 1.807) is 0 Å². The Morgan fingerprint density at radius 2 is 1.67 bits per heavy atom. The van der Waals surface area contributed by atoms with Crippen LogP contribution in [0.15, 0.2) is 18.5 Å². The van der Waals surface area contributed by atoms with Crippen LogP contribution in [0, 0.1) is 5.82 Å². The van der Waals surface area contributed by atoms with Crippen molar-refractivity contribution in [1.82, 2.24) is 0 Å². The van der Waals surface area contributed by atoms with Crippen LogP contribution in [-0.2, 0) is 0 Å². The average molecular weight is 259 g/mol. The molecule has 0 saturated carbocycles. The first-order valence-corrected chi connectivity index (χ1v) is 4.46. The molecule has 0 saturated heterocycles. The van der Waals surface area contributed by atoms with Gasteiger partial charge in [0.25, 0.3) is 6.43 Å². The van der Waals surface area contributed by atoms with Gasteiger partial charge in [-0.15, -0.1) is 0 Å². The Labute approximate surface area is 93.1 Å². The second-order valence-corrected chi connectivity index (χ2v) is 3.43. The van der Waals surface area contributed by atoms with Crippen molar-refractivity contribution in [3.8, 4) is 0 Å². The maximum atomic E-state index is 12.9. The number of hydrogen-bond acceptors (Lipinski definition) is 0. The van der Waals surface area contributed by atoms with E-state index in [2.05, 4.69) is 0 Å². The highest BCUT2D eigenvalue weighted by molar-refractivity contribution is 6.35. The van der Waals surface area contributed by atoms with Crippen LogP contribution in [0.3, 0.4) is 0 Å². The van der Waals surface area contributed by atoms with Gasteiger partial charge in [-0.2, -0.15) is 0 Å². The Kier molecular flexibility index (Phi) is 3.99. The fraction of sp³-hybridized carbons (Fsp3) is 0.111. The zero-order chi connectivity index (χ0) is 11.6. The highest BCUT2D eigenvalue weighted by Crippen LogP contribution is 2.30. The van der Waals surface area contributed by atoms with Gasteiger partial charge in [-0.05, 0) is 17.7 Å². The Morgan fingerprint density at radius 3 is 2.00 bits per heavy atom. The van der Waals surface area contributed by atoms with Crippen LogP contribution in [0.2, 0.25) is 10.0 Å². The normalized spacial score (nSPS) is 12.3. The van der Waals surface area contributed by atoms with Crippen LogP contribution in [0.25, 0.3) is 5.57 Å². The maximum Gasteiger partial charge on any atom is 0.266 e. The van der Waals surface area contributed by atoms with Gasteiger partial charge in [0.05, 0.1) is 21.9 Å². The molecular weight excluding hydrogens is 255 g/mol. The molecule has 1 aromatic rings. The largest absolute Gasteiger partial charge is 0.266 e. The van der Waals surface area contributed by atoms with Gasteiger partial charge < -0.3 is 0 Å². The third kappa shape index (κ3) is 2.63. The molecule has 82 valence electrons. The molecule has 0 bridgehead atoms. The lowest BCUT2D eigenvalue weighted by atomic mass is 10.1. The summed E-state index contributed by atoms with van der Waals surface area (Å²) in [5, 5.41) is -0.866. The van der Waals surface area contributed by atoms with E-state index in [-0.39, 0.29) is 11.9 Å². The minimum atomic E-state index is -3.02. The monoisotopic (exact) mass is 258 g/mol. The molecule has 0 aliphatic carbocycles. The highest BCUT2D eigenvalue weighted by Gasteiger charge is 2.17. The Balaban J connectivity index is 3.28. The van der Waals surface area contributed by atoms with Crippen LogP contribution < -0.4 is 0 Å². The number of alkyl halides is 2. The molecular formula is C9H4Cl2F4. The fourth-order valence-corrected chi connectivity index (χ4v) is 1.45. The number of halogens is 6. The first kappa shape index (κ1) is 12.3. The number of hydrogen-bond donors (Lipinski definition) is 0. The molecule has 0 aliphatic rings. The SMILES string of the molecule is FC=C(c1cc(Cl)c(F)c(Cl)c1)C(F)F. The molecule has 6 heteroatoms. The first-order chi connectivity index (χ1) is 6.97. The van der Waals surface area contributed by atoms with Crippen molar-refractivity contribution in [3.05, 3.63) is 39.9 Å². The zero-order valence-corrected chi connectivity index (χ0v) is 8.59. The smallest absolute Gasteiger partial charge is 0.215 e. The zero-order valence-electron chi connectivity index (χ0n) is 7.08. The summed E-state index contributed by atoms with van der Waals surface area (Å²) in [5.74, 6) is -0.922. The predicted octanol–water partition coefficient (Wildman–Crippen LogP) is 4.71. The third-order valence-corrected chi connectivity index (χ3v) is 2.22. The lowest BCUT2D eigenvalue weighted by molar-refractivity contribution is 0.214. The van der Waals surface area contributed by atoms with E-state index in [0.717, 1.165) is 12.1 Å². The number of allylic oxidation sites excluding steroid dienone is 1. The van der Waals surface area contributed by atoms with Gasteiger partial charge in [-0.1, -0.05) is 23.2 Å². The Bertz CT molecular complexity index is 378. The highest BCUT2D eigenvalue weighted by atomic mass is 35.5. The molecule has 0 aromatic heterocycles. The van der Waals surface area contributed by atoms with Crippen molar-refractivity contribution in [2.75, 3.05) is 0 Å². The molecule has 0 fully saturated rings. The first-order valence-electron chi connectivity index (χ1n) is 3.70. The van der Waals surface area contributed by atoms with Crippen molar-refractivity contribution < 1.29 is 17.6 Å². The molecule has 0 spiro atoms. The number of benzene rings is 1. The summed E-state index contributed by atoms with van der Waals surface area (Å²) in [7, 11) is 0. The molecule has 0 aliphatic heterocycles. The quantitative estimate of drug-likeness (QED) is 0.533. The van der Waals surface area contributed by atoms with Crippen molar-refractivity contribution in [2.45, 2.75) is 6.43 Å². The minimum absolute atomic E-state index is 0.246. The molecule has 0 nitrogen and oxygen atoms in total. The Hall–Kier alpha value is -0.740. The summed E-state index contributed by atoms with van der Waals surface area (Å²) >= 11 is 10.7. The topological polar surface area (TPSA) is 0 Å². The van der Waals surface area contributed by atoms with Gasteiger partial charge in [0.15, 0.2) is 5.82 Å². The molecule has 0 atom stereocenters. The molecule has 1 aromatic carbocycles. The van der Waals surface area contributed by atoms with Gasteiger partial charge in [0.1, 0.15) is 0 Å². The summed E-state index contributed by atoms with van der Waals surface area (Å²) < 4.78 is 49.6. The summed E-state index contributed by atoms with van der Waals surface area (Å²) in [6.45, 7) is 0. The molecule has 1 rings (SSSR count). The van der Waals surface area contributed by atoms with E-state index in [1.165, 1.54) is 0 Å². The molecule has 0 N–H and O–H groups in total. The fourth-order valence-electron chi connectivity index (χ4n) is 0.959. The van der Waals surface area contributed by atoms with Gasteiger partial charge in [-0.3, -0.25) is 0 Å². The second kappa shape index (κ2) is 4.86. The lowest BCUT2D eigenvalue weighted by Gasteiger charge is -2.06. The van der Waals surface area contributed by atoms with Gasteiger partial charge in [0.2, 0.25) is 0 Å². The van der Waals surface area contributed by atoms with Crippen LogP contribution >= 0.6 is 23.2 Å². The second-order valence-electron chi connectivity index (χ2n) is 2.62. The molecule has 15 heavy (non-hydrogen) atoms. The lowest BCUT2D eigenvalue weighted by Crippen LogP contribution is -1.96. The third-order valence-electron chi connectivity index (χ3n) is 1.67. The van der Waals surface area contributed by atoms with Gasteiger partial charge in [0, 0.05) is 0 Å². The van der Waals surface area contributed by atoms with E-state index in [4.69, 9.17) is 23.2 Å². The van der Waals surface area contributed by atoms with Crippen LogP contribution in [0.1, 0.15) is 5.56 Å². The van der Waals surface area contributed by atoms with E-state index < -0.39 is 27.9 Å². The van der Waals surface area contributed by atoms with Gasteiger partial charge in [-0.25, -0.2) is 17.6 Å². The van der Waals surface area contributed by atoms with Crippen LogP contribution in [0.5, 0.6) is 0 Å². The van der Waals surface area contributed by atoms with Gasteiger partial charge >= 0.3 is 0 Å². The van der Waals surface area contributed by atoms with Crippen molar-refractivity contribution in [2.24, 2.45) is 0 Å². The van der Waals surface area contributed by atoms with Crippen molar-refractivity contribution in [3.63, 3.8) is 0 Å². The predicted molar refractivity (Wildman–Crippen MR) is 51.5 cm³/mol. The van der Waals surface area contributed by atoms with E-state index >= 15 is 0 Å². The summed E-state index contributed by atoms with van der Waals surface area (Å²) in [6.07, 6.45) is -3.28. The van der Waals surface area contributed by atoms with E-state index in [9.17, 15) is 17.6 Å². The average Bonchev–Trinajstić information content (AvgIpc) is 2.14. The van der Waals surface area contributed by atoms with Crippen molar-refractivity contribution >= 4 is 28.8 Å². The minimum Gasteiger partial charge on any atom is -0.215 e. The van der Waals surface area contributed by atoms with Crippen LogP contribution in [0.4, 0.5) is 17.6 Å².